The fourth-order valence-electron chi connectivity index (χ4n) is 6.61. The Balaban J connectivity index is 1.21. The first-order valence-corrected chi connectivity index (χ1v) is 15.8. The Hall–Kier alpha value is -5.36. The van der Waals surface area contributed by atoms with Gasteiger partial charge in [-0.15, -0.1) is 0 Å². The van der Waals surface area contributed by atoms with E-state index in [2.05, 4.69) is 38.1 Å². The SMILES string of the molecule is Cc1cccc(-c2cc(C(=O)N3C[C@H](C)N(C(=O)c4cc(-c5cccc(C)c5)nc5ccccc45)C[C@@H]3C)c3ccccc3n2)c1. The van der Waals surface area contributed by atoms with Crippen molar-refractivity contribution in [3.05, 3.63) is 131 Å². The van der Waals surface area contributed by atoms with E-state index in [1.165, 1.54) is 0 Å². The summed E-state index contributed by atoms with van der Waals surface area (Å²) in [6.07, 6.45) is 0. The van der Waals surface area contributed by atoms with E-state index in [0.29, 0.717) is 24.2 Å². The molecule has 2 aromatic heterocycles. The van der Waals surface area contributed by atoms with Crippen molar-refractivity contribution in [1.29, 1.82) is 0 Å². The molecule has 6 nitrogen and oxygen atoms in total. The summed E-state index contributed by atoms with van der Waals surface area (Å²) in [7, 11) is 0. The monoisotopic (exact) mass is 604 g/mol. The Morgan fingerprint density at radius 3 is 1.39 bits per heavy atom. The molecule has 4 aromatic carbocycles. The summed E-state index contributed by atoms with van der Waals surface area (Å²) >= 11 is 0. The first kappa shape index (κ1) is 29.4. The van der Waals surface area contributed by atoms with Gasteiger partial charge in [0.05, 0.1) is 33.5 Å². The van der Waals surface area contributed by atoms with E-state index in [1.54, 1.807) is 0 Å². The Bertz CT molecular complexity index is 1990. The molecular weight excluding hydrogens is 568 g/mol. The number of carbonyl (C=O) groups excluding carboxylic acids is 2. The number of fused-ring (bicyclic) bond motifs is 2. The zero-order valence-corrected chi connectivity index (χ0v) is 26.6. The molecule has 2 amide bonds. The highest BCUT2D eigenvalue weighted by Gasteiger charge is 2.36. The first-order chi connectivity index (χ1) is 22.3. The second-order valence-corrected chi connectivity index (χ2v) is 12.5. The summed E-state index contributed by atoms with van der Waals surface area (Å²) in [5.74, 6) is -0.0925. The van der Waals surface area contributed by atoms with Crippen LogP contribution in [0, 0.1) is 13.8 Å². The van der Waals surface area contributed by atoms with Gasteiger partial charge >= 0.3 is 0 Å². The standard InChI is InChI=1S/C40H36N4O2/c1-25-11-9-13-29(19-25)37-21-33(31-15-5-7-17-35(31)41-37)39(45)43-23-28(4)44(24-27(43)3)40(46)34-22-38(30-14-10-12-26(2)20-30)42-36-18-8-6-16-32(34)36/h5-22,27-28H,23-24H2,1-4H3/t27-,28-/m0/s1. The molecule has 0 unspecified atom stereocenters. The van der Waals surface area contributed by atoms with Crippen molar-refractivity contribution in [3.63, 3.8) is 0 Å². The molecule has 228 valence electrons. The summed E-state index contributed by atoms with van der Waals surface area (Å²) < 4.78 is 0. The molecule has 6 aromatic rings. The number of amides is 2. The number of aromatic nitrogens is 2. The average molecular weight is 605 g/mol. The average Bonchev–Trinajstić information content (AvgIpc) is 3.07. The third-order valence-electron chi connectivity index (χ3n) is 9.03. The highest BCUT2D eigenvalue weighted by atomic mass is 16.2. The minimum absolute atomic E-state index is 0.0463. The molecule has 0 N–H and O–H groups in total. The molecule has 1 fully saturated rings. The molecule has 7 rings (SSSR count). The summed E-state index contributed by atoms with van der Waals surface area (Å²) in [5.41, 5.74) is 8.60. The lowest BCUT2D eigenvalue weighted by Gasteiger charge is -2.44. The number of hydrogen-bond donors (Lipinski definition) is 0. The van der Waals surface area contributed by atoms with Gasteiger partial charge in [0.2, 0.25) is 0 Å². The van der Waals surface area contributed by atoms with Crippen LogP contribution in [-0.4, -0.2) is 56.8 Å². The van der Waals surface area contributed by atoms with Crippen LogP contribution in [0.2, 0.25) is 0 Å². The minimum Gasteiger partial charge on any atom is -0.332 e. The lowest BCUT2D eigenvalue weighted by Crippen LogP contribution is -2.59. The van der Waals surface area contributed by atoms with Gasteiger partial charge in [-0.25, -0.2) is 9.97 Å². The van der Waals surface area contributed by atoms with Crippen molar-refractivity contribution in [2.75, 3.05) is 13.1 Å². The van der Waals surface area contributed by atoms with Crippen molar-refractivity contribution in [2.24, 2.45) is 0 Å². The number of nitrogens with zero attached hydrogens (tertiary/aromatic N) is 4. The van der Waals surface area contributed by atoms with E-state index in [0.717, 1.165) is 55.4 Å². The molecule has 0 saturated carbocycles. The summed E-state index contributed by atoms with van der Waals surface area (Å²) in [5, 5.41) is 1.66. The zero-order valence-electron chi connectivity index (χ0n) is 26.6. The molecular formula is C40H36N4O2. The van der Waals surface area contributed by atoms with E-state index in [4.69, 9.17) is 9.97 Å². The highest BCUT2D eigenvalue weighted by Crippen LogP contribution is 2.31. The normalized spacial score (nSPS) is 16.6. The number of carbonyl (C=O) groups is 2. The lowest BCUT2D eigenvalue weighted by atomic mass is 9.99. The molecule has 0 bridgehead atoms. The van der Waals surface area contributed by atoms with Crippen LogP contribution < -0.4 is 0 Å². The number of aryl methyl sites for hydroxylation is 2. The van der Waals surface area contributed by atoms with Gasteiger partial charge in [0.1, 0.15) is 0 Å². The molecule has 1 aliphatic rings. The first-order valence-electron chi connectivity index (χ1n) is 15.8. The number of piperazine rings is 1. The van der Waals surface area contributed by atoms with Crippen molar-refractivity contribution in [2.45, 2.75) is 39.8 Å². The van der Waals surface area contributed by atoms with Gasteiger partial charge in [0, 0.05) is 47.1 Å². The van der Waals surface area contributed by atoms with Crippen molar-refractivity contribution < 1.29 is 9.59 Å². The lowest BCUT2D eigenvalue weighted by molar-refractivity contribution is 0.0272. The quantitative estimate of drug-likeness (QED) is 0.204. The number of para-hydroxylation sites is 2. The Morgan fingerprint density at radius 1 is 0.565 bits per heavy atom. The molecule has 0 spiro atoms. The third kappa shape index (κ3) is 5.40. The number of pyridine rings is 2. The van der Waals surface area contributed by atoms with E-state index < -0.39 is 0 Å². The van der Waals surface area contributed by atoms with Crippen LogP contribution in [0.1, 0.15) is 45.7 Å². The van der Waals surface area contributed by atoms with Gasteiger partial charge in [-0.2, -0.15) is 0 Å². The second-order valence-electron chi connectivity index (χ2n) is 12.5. The smallest absolute Gasteiger partial charge is 0.254 e. The van der Waals surface area contributed by atoms with E-state index in [-0.39, 0.29) is 23.9 Å². The molecule has 0 aliphatic carbocycles. The van der Waals surface area contributed by atoms with Crippen LogP contribution in [0.5, 0.6) is 0 Å². The van der Waals surface area contributed by atoms with Gasteiger partial charge in [0.25, 0.3) is 11.8 Å². The van der Waals surface area contributed by atoms with E-state index in [1.807, 2.05) is 109 Å². The molecule has 0 radical (unpaired) electrons. The molecule has 1 aliphatic heterocycles. The molecule has 3 heterocycles. The summed E-state index contributed by atoms with van der Waals surface area (Å²) in [6.45, 7) is 9.01. The summed E-state index contributed by atoms with van der Waals surface area (Å²) in [6, 6.07) is 35.5. The number of benzene rings is 4. The zero-order chi connectivity index (χ0) is 31.9. The topological polar surface area (TPSA) is 66.4 Å². The predicted molar refractivity (Wildman–Crippen MR) is 185 cm³/mol. The fraction of sp³-hybridized carbons (Fsp3) is 0.200. The number of rotatable bonds is 4. The molecule has 1 saturated heterocycles. The van der Waals surface area contributed by atoms with Crippen molar-refractivity contribution >= 4 is 33.6 Å². The highest BCUT2D eigenvalue weighted by molar-refractivity contribution is 6.09. The van der Waals surface area contributed by atoms with Gasteiger partial charge in [-0.05, 0) is 64.1 Å². The molecule has 6 heteroatoms. The fourth-order valence-corrected chi connectivity index (χ4v) is 6.61. The van der Waals surface area contributed by atoms with Crippen LogP contribution in [0.3, 0.4) is 0 Å². The van der Waals surface area contributed by atoms with Crippen LogP contribution in [0.25, 0.3) is 44.3 Å². The maximum Gasteiger partial charge on any atom is 0.254 e. The largest absolute Gasteiger partial charge is 0.332 e. The van der Waals surface area contributed by atoms with E-state index in [9.17, 15) is 9.59 Å². The van der Waals surface area contributed by atoms with E-state index >= 15 is 0 Å². The van der Waals surface area contributed by atoms with Crippen molar-refractivity contribution in [3.8, 4) is 22.5 Å². The summed E-state index contributed by atoms with van der Waals surface area (Å²) in [4.78, 5) is 42.4. The Kier molecular flexibility index (Phi) is 7.57. The van der Waals surface area contributed by atoms with Gasteiger partial charge in [-0.1, -0.05) is 83.9 Å². The van der Waals surface area contributed by atoms with Crippen LogP contribution >= 0.6 is 0 Å². The number of hydrogen-bond acceptors (Lipinski definition) is 4. The minimum atomic E-state index is -0.189. The van der Waals surface area contributed by atoms with Gasteiger partial charge < -0.3 is 9.80 Å². The maximum absolute atomic E-state index is 14.4. The van der Waals surface area contributed by atoms with Crippen LogP contribution in [0.15, 0.2) is 109 Å². The predicted octanol–water partition coefficient (Wildman–Crippen LogP) is 8.11. The Labute approximate surface area is 269 Å². The molecule has 46 heavy (non-hydrogen) atoms. The van der Waals surface area contributed by atoms with Crippen LogP contribution in [0.4, 0.5) is 0 Å². The maximum atomic E-state index is 14.4. The van der Waals surface area contributed by atoms with Gasteiger partial charge in [0.15, 0.2) is 0 Å². The van der Waals surface area contributed by atoms with Crippen molar-refractivity contribution in [1.82, 2.24) is 19.8 Å². The second kappa shape index (κ2) is 11.9. The van der Waals surface area contributed by atoms with Crippen LogP contribution in [-0.2, 0) is 0 Å². The Morgan fingerprint density at radius 2 is 0.978 bits per heavy atom. The van der Waals surface area contributed by atoms with Gasteiger partial charge in [-0.3, -0.25) is 9.59 Å². The third-order valence-corrected chi connectivity index (χ3v) is 9.03. The molecule has 2 atom stereocenters.